The molecule has 142 heavy (non-hydrogen) atoms. The van der Waals surface area contributed by atoms with Crippen LogP contribution in [-0.4, -0.2) is 272 Å². The molecular formula is C97H128Cl3N21O21. The van der Waals surface area contributed by atoms with E-state index in [0.29, 0.717) is 131 Å². The average Bonchev–Trinajstić information content (AvgIpc) is 1.59. The minimum atomic E-state index is -1.44. The van der Waals surface area contributed by atoms with Crippen molar-refractivity contribution in [2.45, 2.75) is 318 Å². The maximum absolute atomic E-state index is 14.2. The molecule has 4 aliphatic carbocycles. The van der Waals surface area contributed by atoms with Crippen molar-refractivity contribution < 1.29 is 101 Å². The molecule has 15 atom stereocenters. The fraction of sp³-hybridized carbons (Fsp3) is 0.619. The number of halogens is 3. The molecular weight excluding hydrogens is 1900 g/mol. The van der Waals surface area contributed by atoms with Gasteiger partial charge in [-0.15, -0.1) is 30.6 Å². The normalized spacial score (nSPS) is 27.7. The van der Waals surface area contributed by atoms with Gasteiger partial charge in [0.15, 0.2) is 0 Å². The molecule has 768 valence electrons. The monoisotopic (exact) mass is 2030 g/mol. The molecule has 16 rings (SSSR count). The molecule has 6 aliphatic heterocycles. The Morgan fingerprint density at radius 3 is 1.10 bits per heavy atom. The largest absolute Gasteiger partial charge is 0.495 e. The van der Waals surface area contributed by atoms with Crippen molar-refractivity contribution in [2.75, 3.05) is 40.0 Å². The molecule has 0 radical (unpaired) electrons. The molecule has 45 heteroatoms. The fourth-order valence-corrected chi connectivity index (χ4v) is 19.7. The lowest BCUT2D eigenvalue weighted by Crippen LogP contribution is -2.56. The van der Waals surface area contributed by atoms with Crippen LogP contribution in [0.4, 0.5) is 14.4 Å². The van der Waals surface area contributed by atoms with Crippen LogP contribution in [0.15, 0.2) is 78.9 Å². The Morgan fingerprint density at radius 1 is 0.437 bits per heavy atom. The van der Waals surface area contributed by atoms with Crippen LogP contribution >= 0.6 is 34.8 Å². The molecule has 0 bridgehead atoms. The summed E-state index contributed by atoms with van der Waals surface area (Å²) in [6, 6.07) is 7.84. The van der Waals surface area contributed by atoms with E-state index in [4.69, 9.17) is 63.2 Å². The highest BCUT2D eigenvalue weighted by Crippen LogP contribution is 2.50. The Labute approximate surface area is 836 Å². The van der Waals surface area contributed by atoms with E-state index in [2.05, 4.69) is 78.1 Å². The van der Waals surface area contributed by atoms with Gasteiger partial charge in [0.05, 0.1) is 53.5 Å². The number of alkyl carbamates (subject to hydrolysis) is 3. The van der Waals surface area contributed by atoms with Crippen molar-refractivity contribution in [3.05, 3.63) is 94.0 Å². The van der Waals surface area contributed by atoms with Crippen molar-refractivity contribution in [1.29, 1.82) is 0 Å². The predicted molar refractivity (Wildman–Crippen MR) is 514 cm³/mol. The highest BCUT2D eigenvalue weighted by molar-refractivity contribution is 6.33. The molecule has 0 spiro atoms. The number of carboxylic acids is 3. The molecule has 9 N–H and O–H groups in total. The third-order valence-electron chi connectivity index (χ3n) is 26.9. The van der Waals surface area contributed by atoms with E-state index in [1.54, 1.807) is 117 Å². The number of hydrogen-bond donors (Lipinski definition) is 9. The number of benzene rings is 3. The minimum Gasteiger partial charge on any atom is -0.495 e. The first-order valence-electron chi connectivity index (χ1n) is 48.9. The number of carboxylic acid groups (broad SMARTS) is 3. The second-order valence-corrected chi connectivity index (χ2v) is 42.4. The number of methoxy groups -OCH3 is 1. The molecule has 9 amide bonds. The molecule has 8 fully saturated rings. The van der Waals surface area contributed by atoms with Gasteiger partial charge in [0.1, 0.15) is 86.9 Å². The van der Waals surface area contributed by atoms with Crippen molar-refractivity contribution in [3.63, 3.8) is 0 Å². The van der Waals surface area contributed by atoms with Crippen molar-refractivity contribution in [2.24, 2.45) is 23.7 Å². The topological polar surface area (TPSA) is 534 Å². The van der Waals surface area contributed by atoms with Crippen LogP contribution in [0.3, 0.4) is 0 Å². The Bertz CT molecular complexity index is 5710. The highest BCUT2D eigenvalue weighted by atomic mass is 35.5. The fourth-order valence-electron chi connectivity index (χ4n) is 18.9. The van der Waals surface area contributed by atoms with Gasteiger partial charge < -0.3 is 90.3 Å². The van der Waals surface area contributed by atoms with Crippen molar-refractivity contribution in [3.8, 4) is 51.4 Å². The van der Waals surface area contributed by atoms with E-state index in [1.807, 2.05) is 31.2 Å². The molecule has 9 heterocycles. The van der Waals surface area contributed by atoms with Gasteiger partial charge in [-0.1, -0.05) is 117 Å². The Balaban J connectivity index is 0.000000169. The van der Waals surface area contributed by atoms with E-state index in [9.17, 15) is 72.9 Å². The van der Waals surface area contributed by atoms with Gasteiger partial charge in [-0.3, -0.25) is 28.8 Å². The molecule has 10 aliphatic rings. The number of ether oxygens (including phenoxy) is 6. The smallest absolute Gasteiger partial charge is 0.408 e. The third-order valence-corrected chi connectivity index (χ3v) is 27.8. The molecule has 4 saturated carbocycles. The van der Waals surface area contributed by atoms with Gasteiger partial charge >= 0.3 is 36.2 Å². The molecule has 42 nitrogen and oxygen atoms in total. The van der Waals surface area contributed by atoms with Gasteiger partial charge in [0.2, 0.25) is 52.9 Å². The standard InChI is InChI=1S/C34H44ClN7O7.C32H44ClN7O7.C31H40ClN7O7/c1-33(2,3)49-32(47)36-25-10-8-6-4-5-7-9-22-17-34(22,31(45)46)37-29(43)26-16-23(18-41(26)30(25)44)42-39-28(38-40-42)21-13-14-27(24(35)15-21)48-19-20-11-12-20;1-5-46-25-14-13-19(15-22(25)33)26-36-38-40(37-26)21-16-24-27(41)35-32(29(43)44)17-20(32)11-9-7-6-8-10-12-23(28(42)39(24)18-21)34-30(45)47-31(2,3)4;1-30(2,3)46-29(44)33-22-11-9-7-5-6-8-10-19-16-31(19,28(42)43)34-26(40)23-15-20(17-38(23)27(22)41)39-36-25(35-37-39)18-12-13-24(45-4)21(32)14-18/h7,9,13-15,20,22-23,25-26H,4-6,8,10-12,16-19H2,1-3H3,(H,36,47)(H,37,43)(H,45,46);13-15,20-21,23-24H,5-12,16-18H2,1-4H3,(H,34,45)(H,35,41)(H,43,44);8,10,12-14,19-20,22-23H,5-7,9,11,15-17H2,1-4H3,(H,33,44)(H,34,40)(H,42,43)/b9-7-;;10-8-/t22-,23+,25-,26+,34+;20-,21-,23?,24+,32-;19-,20?,22-,23+,31+/m111/s1. The zero-order chi connectivity index (χ0) is 102. The number of carbonyl (C=O) groups is 12. The number of fused-ring (bicyclic) bond motifs is 6. The molecule has 3 aromatic carbocycles. The first-order valence-corrected chi connectivity index (χ1v) is 50.1. The first kappa shape index (κ1) is 105. The van der Waals surface area contributed by atoms with Gasteiger partial charge in [0, 0.05) is 67.4 Å². The lowest BCUT2D eigenvalue weighted by molar-refractivity contribution is -0.146. The quantitative estimate of drug-likeness (QED) is 0.0285. The van der Waals surface area contributed by atoms with Crippen LogP contribution in [0.5, 0.6) is 17.2 Å². The summed E-state index contributed by atoms with van der Waals surface area (Å²) < 4.78 is 32.9. The van der Waals surface area contributed by atoms with Crippen LogP contribution < -0.4 is 46.1 Å². The molecule has 3 aromatic heterocycles. The van der Waals surface area contributed by atoms with Crippen LogP contribution in [0.2, 0.25) is 15.1 Å². The number of nitrogens with zero attached hydrogens (tertiary/aromatic N) is 15. The number of allylic oxidation sites excluding steroid dienone is 2. The summed E-state index contributed by atoms with van der Waals surface area (Å²) in [5.74, 6) is -4.27. The van der Waals surface area contributed by atoms with E-state index in [0.717, 1.165) is 77.0 Å². The lowest BCUT2D eigenvalue weighted by atomic mass is 10.0. The van der Waals surface area contributed by atoms with Crippen LogP contribution in [0, 0.1) is 23.7 Å². The zero-order valence-electron chi connectivity index (χ0n) is 81.8. The van der Waals surface area contributed by atoms with Gasteiger partial charge in [0.25, 0.3) is 0 Å². The van der Waals surface area contributed by atoms with E-state index in [-0.39, 0.29) is 75.3 Å². The maximum Gasteiger partial charge on any atom is 0.408 e. The number of hydrogen-bond acceptors (Lipinski definition) is 27. The molecule has 6 aromatic rings. The summed E-state index contributed by atoms with van der Waals surface area (Å²) in [6.45, 7) is 18.7. The summed E-state index contributed by atoms with van der Waals surface area (Å²) in [5, 5.41) is 87.0. The molecule has 2 unspecified atom stereocenters. The Kier molecular flexibility index (Phi) is 33.2. The van der Waals surface area contributed by atoms with Gasteiger partial charge in [-0.2, -0.15) is 14.4 Å². The predicted octanol–water partition coefficient (Wildman–Crippen LogP) is 11.9. The van der Waals surface area contributed by atoms with E-state index < -0.39 is 159 Å². The Morgan fingerprint density at radius 2 is 0.768 bits per heavy atom. The van der Waals surface area contributed by atoms with E-state index in [1.165, 1.54) is 36.2 Å². The summed E-state index contributed by atoms with van der Waals surface area (Å²) >= 11 is 19.2. The first-order chi connectivity index (χ1) is 67.4. The number of amides is 9. The summed E-state index contributed by atoms with van der Waals surface area (Å²) in [5.41, 5.74) is -4.76. The summed E-state index contributed by atoms with van der Waals surface area (Å²) in [4.78, 5) is 168. The highest BCUT2D eigenvalue weighted by Gasteiger charge is 2.65. The number of nitrogens with one attached hydrogen (secondary N) is 6. The van der Waals surface area contributed by atoms with Gasteiger partial charge in [-0.05, 0) is 235 Å². The zero-order valence-corrected chi connectivity index (χ0v) is 84.0. The van der Waals surface area contributed by atoms with Crippen LogP contribution in [0.1, 0.15) is 248 Å². The number of aliphatic carboxylic acids is 3. The SMILES string of the molecule is CC(C)(C)OC(=O)N[C@@H]1CCCCC/C=C\[C@@H]2C[C@]2(C(=O)O)NC(=O)[C@@H]2C[C@H](n3nnc(-c4ccc(OCC5CC5)c(Cl)c4)n3)CN2C1=O.CCOc1ccc(-c2nnn([C@@H]3C[C@H]4C(=O)N[C@]5(C(=O)O)C[C@H]5CCCCCCCC(NC(=O)OC(C)(C)C)C(=O)N4C3)n2)cc1Cl.COc1ccc(-c2nnn(C3C[C@H]4C(=O)N[C@@]5(C(=O)O)C[C@H]5/C=C\CCCCC[C@@H](NC(=O)OC(C)(C)C)C(=O)N4C3)n2)cc1Cl. The maximum atomic E-state index is 14.2. The Hall–Kier alpha value is -12.3. The summed E-state index contributed by atoms with van der Waals surface area (Å²) in [7, 11) is 1.51. The number of aromatic nitrogens is 12. The third kappa shape index (κ3) is 26.2. The van der Waals surface area contributed by atoms with Crippen LogP contribution in [0.25, 0.3) is 34.2 Å². The second-order valence-electron chi connectivity index (χ2n) is 41.2. The number of tetrazole rings is 3. The van der Waals surface area contributed by atoms with Crippen molar-refractivity contribution >= 4 is 106 Å². The number of rotatable bonds is 18. The van der Waals surface area contributed by atoms with Crippen LogP contribution in [-0.2, 0) is 57.4 Å². The van der Waals surface area contributed by atoms with E-state index >= 15 is 0 Å². The summed E-state index contributed by atoms with van der Waals surface area (Å²) in [6.07, 6.45) is 20.9. The average molecular weight is 2030 g/mol. The van der Waals surface area contributed by atoms with Crippen molar-refractivity contribution in [1.82, 2.24) is 107 Å². The molecule has 4 saturated heterocycles. The number of carbonyl (C=O) groups excluding carboxylic acids is 9. The minimum absolute atomic E-state index is 0.0337. The lowest BCUT2D eigenvalue weighted by Gasteiger charge is -2.30. The van der Waals surface area contributed by atoms with Gasteiger partial charge in [-0.25, -0.2) is 28.8 Å². The second kappa shape index (κ2) is 44.7.